The van der Waals surface area contributed by atoms with Gasteiger partial charge in [-0.2, -0.15) is 0 Å². The number of hydrogen-bond donors (Lipinski definition) is 1. The van der Waals surface area contributed by atoms with Gasteiger partial charge in [0.2, 0.25) is 0 Å². The molecule has 1 N–H and O–H groups in total. The molecule has 0 aromatic carbocycles. The maximum Gasteiger partial charge on any atom is 0.387 e. The van der Waals surface area contributed by atoms with Crippen molar-refractivity contribution in [1.82, 2.24) is 9.91 Å². The summed E-state index contributed by atoms with van der Waals surface area (Å²) in [7, 11) is 0. The van der Waals surface area contributed by atoms with Gasteiger partial charge in [-0.1, -0.05) is 0 Å². The first-order valence-corrected chi connectivity index (χ1v) is 2.95. The van der Waals surface area contributed by atoms with Crippen LogP contribution in [0.1, 0.15) is 0 Å². The summed E-state index contributed by atoms with van der Waals surface area (Å²) >= 11 is 0. The van der Waals surface area contributed by atoms with E-state index in [9.17, 15) is 19.7 Å². The molecule has 0 aromatic heterocycles. The summed E-state index contributed by atoms with van der Waals surface area (Å²) in [5, 5.41) is 17.7. The molecule has 1 aliphatic rings. The fourth-order valence-electron chi connectivity index (χ4n) is 0.794. The summed E-state index contributed by atoms with van der Waals surface area (Å²) in [6.45, 7) is -1.45. The number of urea groups is 1. The van der Waals surface area contributed by atoms with Crippen molar-refractivity contribution in [2.24, 2.45) is 0 Å². The minimum Gasteiger partial charge on any atom is -0.376 e. The lowest BCUT2D eigenvalue weighted by Gasteiger charge is -2.06. The Hall–Kier alpha value is -1.70. The molecular formula is C4H5N3O5. The van der Waals surface area contributed by atoms with Gasteiger partial charge in [-0.25, -0.2) is 19.8 Å². The fourth-order valence-corrected chi connectivity index (χ4v) is 0.794. The van der Waals surface area contributed by atoms with Crippen LogP contribution in [0.5, 0.6) is 0 Å². The predicted molar refractivity (Wildman–Crippen MR) is 33.0 cm³/mol. The van der Waals surface area contributed by atoms with E-state index in [1.807, 2.05) is 0 Å². The van der Waals surface area contributed by atoms with E-state index in [0.717, 1.165) is 0 Å². The highest BCUT2D eigenvalue weighted by Gasteiger charge is 2.42. The highest BCUT2D eigenvalue weighted by atomic mass is 16.7. The van der Waals surface area contributed by atoms with Crippen LogP contribution in [0.2, 0.25) is 0 Å². The topological polar surface area (TPSA) is 104 Å². The lowest BCUT2D eigenvalue weighted by Crippen LogP contribution is -2.36. The van der Waals surface area contributed by atoms with Crippen molar-refractivity contribution in [2.45, 2.75) is 0 Å². The molecular weight excluding hydrogens is 170 g/mol. The highest BCUT2D eigenvalue weighted by Crippen LogP contribution is 2.08. The Bertz CT molecular complexity index is 251. The molecule has 0 aromatic rings. The lowest BCUT2D eigenvalue weighted by molar-refractivity contribution is -0.628. The first kappa shape index (κ1) is 8.40. The zero-order chi connectivity index (χ0) is 9.30. The number of nitro groups is 1. The monoisotopic (exact) mass is 175 g/mol. The summed E-state index contributed by atoms with van der Waals surface area (Å²) in [5.41, 5.74) is 0. The van der Waals surface area contributed by atoms with Crippen LogP contribution >= 0.6 is 0 Å². The summed E-state index contributed by atoms with van der Waals surface area (Å²) in [5.74, 6) is -0.779. The molecule has 0 saturated carbocycles. The number of carbonyl (C=O) groups excluding carboxylic acids is 2. The van der Waals surface area contributed by atoms with Crippen LogP contribution in [-0.2, 0) is 4.79 Å². The van der Waals surface area contributed by atoms with Crippen LogP contribution in [0.25, 0.3) is 0 Å². The zero-order valence-electron chi connectivity index (χ0n) is 5.84. The number of hydrazine groups is 1. The minimum atomic E-state index is -1.10. The summed E-state index contributed by atoms with van der Waals surface area (Å²) in [6, 6.07) is -1.10. The van der Waals surface area contributed by atoms with Crippen LogP contribution in [0, 0.1) is 10.1 Å². The summed E-state index contributed by atoms with van der Waals surface area (Å²) < 4.78 is 0. The standard InChI is InChI=1S/C4H5N3O5/c8-2-5-3(9)1-6(4(5)10)7(11)12/h8H,1-2H2. The van der Waals surface area contributed by atoms with Crippen molar-refractivity contribution in [3.8, 4) is 0 Å². The quantitative estimate of drug-likeness (QED) is 0.309. The van der Waals surface area contributed by atoms with Gasteiger partial charge in [0.1, 0.15) is 6.73 Å². The average molecular weight is 175 g/mol. The summed E-state index contributed by atoms with van der Waals surface area (Å²) in [4.78, 5) is 32.0. The molecule has 12 heavy (non-hydrogen) atoms. The molecule has 8 heteroatoms. The zero-order valence-corrected chi connectivity index (χ0v) is 5.84. The third-order valence-electron chi connectivity index (χ3n) is 1.38. The van der Waals surface area contributed by atoms with Crippen LogP contribution < -0.4 is 0 Å². The van der Waals surface area contributed by atoms with Crippen molar-refractivity contribution in [1.29, 1.82) is 0 Å². The number of carbonyl (C=O) groups is 2. The molecule has 0 spiro atoms. The molecule has 0 aliphatic carbocycles. The SMILES string of the molecule is O=C1CN([N+](=O)[O-])C(=O)N1CO. The molecule has 0 radical (unpaired) electrons. The normalized spacial score (nSPS) is 17.4. The van der Waals surface area contributed by atoms with Gasteiger partial charge in [0.25, 0.3) is 5.91 Å². The fraction of sp³-hybridized carbons (Fsp3) is 0.500. The van der Waals surface area contributed by atoms with E-state index in [1.165, 1.54) is 0 Å². The molecule has 3 amide bonds. The Balaban J connectivity index is 2.82. The average Bonchev–Trinajstić information content (AvgIpc) is 2.27. The molecule has 8 nitrogen and oxygen atoms in total. The van der Waals surface area contributed by atoms with Crippen molar-refractivity contribution in [3.63, 3.8) is 0 Å². The van der Waals surface area contributed by atoms with E-state index < -0.39 is 30.2 Å². The van der Waals surface area contributed by atoms with Gasteiger partial charge in [-0.05, 0) is 5.01 Å². The minimum absolute atomic E-state index is 0.137. The lowest BCUT2D eigenvalue weighted by atomic mass is 10.6. The summed E-state index contributed by atoms with van der Waals surface area (Å²) in [6.07, 6.45) is 0. The van der Waals surface area contributed by atoms with Gasteiger partial charge in [0, 0.05) is 0 Å². The molecule has 1 heterocycles. The number of aliphatic hydroxyl groups is 1. The molecule has 0 atom stereocenters. The molecule has 0 bridgehead atoms. The number of imide groups is 1. The smallest absolute Gasteiger partial charge is 0.376 e. The van der Waals surface area contributed by atoms with Crippen LogP contribution in [-0.4, -0.2) is 45.3 Å². The molecule has 1 fully saturated rings. The number of rotatable bonds is 2. The van der Waals surface area contributed by atoms with Crippen molar-refractivity contribution >= 4 is 11.9 Å². The van der Waals surface area contributed by atoms with E-state index in [0.29, 0.717) is 4.90 Å². The van der Waals surface area contributed by atoms with E-state index in [1.54, 1.807) is 0 Å². The van der Waals surface area contributed by atoms with E-state index >= 15 is 0 Å². The van der Waals surface area contributed by atoms with Gasteiger partial charge in [-0.15, -0.1) is 0 Å². The Morgan fingerprint density at radius 3 is 2.42 bits per heavy atom. The number of hydrogen-bond acceptors (Lipinski definition) is 5. The van der Waals surface area contributed by atoms with Gasteiger partial charge >= 0.3 is 6.03 Å². The number of nitrogens with zero attached hydrogens (tertiary/aromatic N) is 3. The van der Waals surface area contributed by atoms with Crippen molar-refractivity contribution in [3.05, 3.63) is 10.1 Å². The maximum absolute atomic E-state index is 10.8. The molecule has 1 aliphatic heterocycles. The first-order chi connectivity index (χ1) is 5.57. The second-order valence-corrected chi connectivity index (χ2v) is 2.04. The Labute approximate surface area is 66.1 Å². The third kappa shape index (κ3) is 1.07. The largest absolute Gasteiger partial charge is 0.387 e. The second kappa shape index (κ2) is 2.74. The molecule has 66 valence electrons. The van der Waals surface area contributed by atoms with Gasteiger partial charge in [0.05, 0.1) is 0 Å². The van der Waals surface area contributed by atoms with Gasteiger partial charge in [-0.3, -0.25) is 4.79 Å². The molecule has 1 saturated heterocycles. The highest BCUT2D eigenvalue weighted by molar-refractivity contribution is 6.01. The van der Waals surface area contributed by atoms with E-state index in [4.69, 9.17) is 5.11 Å². The second-order valence-electron chi connectivity index (χ2n) is 2.04. The Kier molecular flexibility index (Phi) is 1.92. The molecule has 0 unspecified atom stereocenters. The van der Waals surface area contributed by atoms with Crippen LogP contribution in [0.15, 0.2) is 0 Å². The predicted octanol–water partition coefficient (Wildman–Crippen LogP) is -1.61. The van der Waals surface area contributed by atoms with Crippen LogP contribution in [0.3, 0.4) is 0 Å². The van der Waals surface area contributed by atoms with E-state index in [2.05, 4.69) is 0 Å². The number of amides is 3. The third-order valence-corrected chi connectivity index (χ3v) is 1.38. The number of aliphatic hydroxyl groups excluding tert-OH is 1. The van der Waals surface area contributed by atoms with E-state index in [-0.39, 0.29) is 5.01 Å². The van der Waals surface area contributed by atoms with Gasteiger partial charge in [0.15, 0.2) is 11.6 Å². The van der Waals surface area contributed by atoms with Crippen LogP contribution in [0.4, 0.5) is 4.79 Å². The first-order valence-electron chi connectivity index (χ1n) is 2.95. The Morgan fingerprint density at radius 2 is 2.17 bits per heavy atom. The van der Waals surface area contributed by atoms with Crippen molar-refractivity contribution in [2.75, 3.05) is 13.3 Å². The molecule has 1 rings (SSSR count). The maximum atomic E-state index is 10.8. The van der Waals surface area contributed by atoms with Crippen molar-refractivity contribution < 1.29 is 19.7 Å². The Morgan fingerprint density at radius 1 is 1.58 bits per heavy atom. The van der Waals surface area contributed by atoms with Gasteiger partial charge < -0.3 is 5.11 Å².